The zero-order valence-corrected chi connectivity index (χ0v) is 9.16. The molecule has 1 aromatic rings. The largest absolute Gasteiger partial charge is 0.300 e. The van der Waals surface area contributed by atoms with Gasteiger partial charge in [-0.2, -0.15) is 16.8 Å². The van der Waals surface area contributed by atoms with Gasteiger partial charge in [-0.05, 0) is 6.07 Å². The predicted molar refractivity (Wildman–Crippen MR) is 47.2 cm³/mol. The van der Waals surface area contributed by atoms with Gasteiger partial charge in [-0.3, -0.25) is 9.11 Å². The van der Waals surface area contributed by atoms with Gasteiger partial charge in [0, 0.05) is 0 Å². The quantitative estimate of drug-likeness (QED) is 0.517. The summed E-state index contributed by atoms with van der Waals surface area (Å²) < 4.78 is 61.4. The fourth-order valence-electron chi connectivity index (χ4n) is 0.936. The molecule has 0 atom stereocenters. The average molecular weight is 254 g/mol. The van der Waals surface area contributed by atoms with Crippen LogP contribution >= 0.6 is 0 Å². The molecule has 0 aliphatic carbocycles. The number of rotatable bonds is 2. The van der Waals surface area contributed by atoms with Crippen LogP contribution in [0.5, 0.6) is 0 Å². The van der Waals surface area contributed by atoms with Crippen LogP contribution in [0.1, 0.15) is 0 Å². The summed E-state index contributed by atoms with van der Waals surface area (Å²) in [6.45, 7) is 0. The Bertz CT molecular complexity index is 538. The first-order valence-electron chi connectivity index (χ1n) is 3.56. The third kappa shape index (κ3) is 2.96. The zero-order valence-electron chi connectivity index (χ0n) is 7.52. The Labute approximate surface area is 86.5 Å². The smallest absolute Gasteiger partial charge is 0.282 e. The molecular formula is C6H8NO6S2+. The van der Waals surface area contributed by atoms with Crippen molar-refractivity contribution in [3.8, 4) is 0 Å². The topological polar surface area (TPSA) is 113 Å². The second-order valence-corrected chi connectivity index (χ2v) is 5.67. The summed E-state index contributed by atoms with van der Waals surface area (Å²) in [5.74, 6) is 0. The van der Waals surface area contributed by atoms with Gasteiger partial charge in [0.1, 0.15) is 7.05 Å². The maximum atomic E-state index is 10.7. The van der Waals surface area contributed by atoms with Crippen LogP contribution in [-0.2, 0) is 27.3 Å². The average Bonchev–Trinajstić information content (AvgIpc) is 1.99. The molecule has 0 fully saturated rings. The highest BCUT2D eigenvalue weighted by atomic mass is 32.2. The molecule has 0 bridgehead atoms. The van der Waals surface area contributed by atoms with Crippen molar-refractivity contribution in [3.05, 3.63) is 18.5 Å². The lowest BCUT2D eigenvalue weighted by molar-refractivity contribution is -0.675. The molecule has 0 saturated carbocycles. The minimum atomic E-state index is -4.50. The van der Waals surface area contributed by atoms with Crippen molar-refractivity contribution in [2.45, 2.75) is 9.79 Å². The van der Waals surface area contributed by atoms with Gasteiger partial charge in [0.05, 0.1) is 0 Å². The van der Waals surface area contributed by atoms with Crippen LogP contribution in [0.3, 0.4) is 0 Å². The first-order valence-corrected chi connectivity index (χ1v) is 6.44. The Balaban J connectivity index is 3.57. The number of nitrogens with zero attached hydrogens (tertiary/aromatic N) is 1. The molecule has 15 heavy (non-hydrogen) atoms. The lowest BCUT2D eigenvalue weighted by Crippen LogP contribution is -2.29. The Morgan fingerprint density at radius 2 is 1.33 bits per heavy atom. The van der Waals surface area contributed by atoms with E-state index in [0.717, 1.165) is 17.0 Å². The molecule has 1 heterocycles. The van der Waals surface area contributed by atoms with E-state index in [1.54, 1.807) is 0 Å². The van der Waals surface area contributed by atoms with Crippen molar-refractivity contribution in [2.24, 2.45) is 7.05 Å². The molecule has 0 aliphatic heterocycles. The van der Waals surface area contributed by atoms with E-state index >= 15 is 0 Å². The molecule has 0 amide bonds. The summed E-state index contributed by atoms with van der Waals surface area (Å²) in [5, 5.41) is 0. The molecule has 0 saturated heterocycles. The van der Waals surface area contributed by atoms with Crippen LogP contribution in [0, 0.1) is 0 Å². The SMILES string of the molecule is C[n+]1cc(S(=O)(=O)O)cc(S(=O)(=O)O)c1. The molecule has 0 spiro atoms. The van der Waals surface area contributed by atoms with Gasteiger partial charge in [0.2, 0.25) is 0 Å². The summed E-state index contributed by atoms with van der Waals surface area (Å²) in [4.78, 5) is -1.22. The van der Waals surface area contributed by atoms with E-state index in [4.69, 9.17) is 9.11 Å². The van der Waals surface area contributed by atoms with Gasteiger partial charge in [-0.15, -0.1) is 0 Å². The van der Waals surface area contributed by atoms with Crippen LogP contribution < -0.4 is 4.57 Å². The molecule has 1 rings (SSSR count). The molecule has 0 aliphatic rings. The van der Waals surface area contributed by atoms with E-state index in [0.29, 0.717) is 6.07 Å². The number of hydrogen-bond acceptors (Lipinski definition) is 4. The van der Waals surface area contributed by atoms with Crippen LogP contribution in [-0.4, -0.2) is 25.9 Å². The van der Waals surface area contributed by atoms with Crippen molar-refractivity contribution in [1.29, 1.82) is 0 Å². The van der Waals surface area contributed by atoms with Crippen molar-refractivity contribution in [3.63, 3.8) is 0 Å². The molecule has 0 aromatic carbocycles. The van der Waals surface area contributed by atoms with Crippen molar-refractivity contribution >= 4 is 20.2 Å². The first-order chi connectivity index (χ1) is 6.60. The molecular weight excluding hydrogens is 246 g/mol. The summed E-state index contributed by atoms with van der Waals surface area (Å²) in [6.07, 6.45) is 2.01. The minimum Gasteiger partial charge on any atom is -0.282 e. The van der Waals surface area contributed by atoms with E-state index in [-0.39, 0.29) is 0 Å². The number of pyridine rings is 1. The monoisotopic (exact) mass is 254 g/mol. The molecule has 1 aromatic heterocycles. The van der Waals surface area contributed by atoms with Crippen LogP contribution in [0.4, 0.5) is 0 Å². The molecule has 84 valence electrons. The molecule has 0 unspecified atom stereocenters. The highest BCUT2D eigenvalue weighted by Crippen LogP contribution is 2.11. The van der Waals surface area contributed by atoms with E-state index < -0.39 is 30.0 Å². The first kappa shape index (κ1) is 12.0. The standard InChI is InChI=1S/C6H7NO6S2/c1-7-3-5(14(8,9)10)2-6(4-7)15(11,12)13/h2-4H,1H3,(H-,8,9,10,11,12,13)/p+1. The highest BCUT2D eigenvalue weighted by Gasteiger charge is 2.21. The second kappa shape index (κ2) is 3.52. The Kier molecular flexibility index (Phi) is 2.83. The third-order valence-corrected chi connectivity index (χ3v) is 3.18. The third-order valence-electron chi connectivity index (χ3n) is 1.54. The fraction of sp³-hybridized carbons (Fsp3) is 0.167. The number of aryl methyl sites for hydroxylation is 1. The Hall–Kier alpha value is -1.03. The van der Waals surface area contributed by atoms with Gasteiger partial charge in [0.15, 0.2) is 22.2 Å². The van der Waals surface area contributed by atoms with Gasteiger partial charge in [0.25, 0.3) is 0 Å². The molecule has 9 heteroatoms. The van der Waals surface area contributed by atoms with E-state index in [9.17, 15) is 16.8 Å². The number of hydrogen-bond donors (Lipinski definition) is 2. The summed E-state index contributed by atoms with van der Waals surface area (Å²) in [7, 11) is -7.66. The lowest BCUT2D eigenvalue weighted by atomic mass is 10.5. The van der Waals surface area contributed by atoms with Gasteiger partial charge in [-0.25, -0.2) is 4.57 Å². The predicted octanol–water partition coefficient (Wildman–Crippen LogP) is -0.995. The van der Waals surface area contributed by atoms with Crippen LogP contribution in [0.25, 0.3) is 0 Å². The van der Waals surface area contributed by atoms with Gasteiger partial charge < -0.3 is 0 Å². The van der Waals surface area contributed by atoms with Gasteiger partial charge in [-0.1, -0.05) is 0 Å². The van der Waals surface area contributed by atoms with Crippen molar-refractivity contribution in [2.75, 3.05) is 0 Å². The maximum absolute atomic E-state index is 10.7. The van der Waals surface area contributed by atoms with E-state index in [1.807, 2.05) is 0 Å². The lowest BCUT2D eigenvalue weighted by Gasteiger charge is -1.98. The van der Waals surface area contributed by atoms with Crippen LogP contribution in [0.2, 0.25) is 0 Å². The molecule has 7 nitrogen and oxygen atoms in total. The summed E-state index contributed by atoms with van der Waals surface area (Å²) in [5.41, 5.74) is 0. The fourth-order valence-corrected chi connectivity index (χ4v) is 2.16. The minimum absolute atomic E-state index is 0.611. The molecule has 2 N–H and O–H groups in total. The Morgan fingerprint density at radius 3 is 1.60 bits per heavy atom. The van der Waals surface area contributed by atoms with Crippen LogP contribution in [0.15, 0.2) is 28.3 Å². The number of aromatic nitrogens is 1. The Morgan fingerprint density at radius 1 is 1.00 bits per heavy atom. The van der Waals surface area contributed by atoms with Crippen molar-refractivity contribution in [1.82, 2.24) is 0 Å². The van der Waals surface area contributed by atoms with E-state index in [1.165, 1.54) is 7.05 Å². The zero-order chi connectivity index (χ0) is 11.9. The van der Waals surface area contributed by atoms with E-state index in [2.05, 4.69) is 0 Å². The maximum Gasteiger partial charge on any atom is 0.300 e. The molecule has 0 radical (unpaired) electrons. The van der Waals surface area contributed by atoms with Crippen molar-refractivity contribution < 1.29 is 30.5 Å². The summed E-state index contributed by atoms with van der Waals surface area (Å²) >= 11 is 0. The second-order valence-electron chi connectivity index (χ2n) is 2.82. The van der Waals surface area contributed by atoms with Gasteiger partial charge >= 0.3 is 20.2 Å². The summed E-state index contributed by atoms with van der Waals surface area (Å²) in [6, 6.07) is 0.657. The highest BCUT2D eigenvalue weighted by molar-refractivity contribution is 7.86. The normalized spacial score (nSPS) is 12.7.